The molecule has 2 aromatic rings. The molecule has 1 unspecified atom stereocenters. The van der Waals surface area contributed by atoms with E-state index in [1.165, 1.54) is 0 Å². The van der Waals surface area contributed by atoms with Crippen molar-refractivity contribution in [2.75, 3.05) is 0 Å². The number of aromatic amines is 1. The highest BCUT2D eigenvalue weighted by Gasteiger charge is 2.19. The van der Waals surface area contributed by atoms with Crippen LogP contribution < -0.4 is 10.3 Å². The quantitative estimate of drug-likeness (QED) is 0.894. The minimum Gasteiger partial charge on any atom is -0.326 e. The lowest BCUT2D eigenvalue weighted by Gasteiger charge is -2.14. The van der Waals surface area contributed by atoms with E-state index in [1.54, 1.807) is 31.5 Å². The predicted octanol–water partition coefficient (Wildman–Crippen LogP) is 1.46. The van der Waals surface area contributed by atoms with E-state index in [0.717, 1.165) is 17.8 Å². The number of aromatic nitrogens is 2. The standard InChI is InChI=1S/C12H12ClN3O3S/c1-8(9-3-2-4-14-6-9)16-20(18,19)10-5-11(13)12(17)15-7-10/h2-8,16H,1H3,(H,15,17). The molecule has 0 aliphatic heterocycles. The lowest BCUT2D eigenvalue weighted by Crippen LogP contribution is -2.27. The third-order valence-corrected chi connectivity index (χ3v) is 4.46. The molecule has 0 radical (unpaired) electrons. The number of halogens is 1. The molecule has 8 heteroatoms. The summed E-state index contributed by atoms with van der Waals surface area (Å²) in [4.78, 5) is 17.2. The summed E-state index contributed by atoms with van der Waals surface area (Å²) in [5.74, 6) is 0. The maximum atomic E-state index is 12.2. The molecule has 0 bridgehead atoms. The van der Waals surface area contributed by atoms with Crippen molar-refractivity contribution in [3.8, 4) is 0 Å². The van der Waals surface area contributed by atoms with Crippen LogP contribution in [0.4, 0.5) is 0 Å². The van der Waals surface area contributed by atoms with Gasteiger partial charge in [0.2, 0.25) is 10.0 Å². The second-order valence-corrected chi connectivity index (χ2v) is 6.26. The van der Waals surface area contributed by atoms with E-state index in [2.05, 4.69) is 14.7 Å². The first kappa shape index (κ1) is 14.7. The largest absolute Gasteiger partial charge is 0.326 e. The number of nitrogens with zero attached hydrogens (tertiary/aromatic N) is 1. The van der Waals surface area contributed by atoms with Gasteiger partial charge in [0.25, 0.3) is 5.56 Å². The van der Waals surface area contributed by atoms with E-state index in [9.17, 15) is 13.2 Å². The minimum absolute atomic E-state index is 0.0992. The molecule has 106 valence electrons. The molecular weight excluding hydrogens is 302 g/mol. The van der Waals surface area contributed by atoms with Crippen LogP contribution in [0.3, 0.4) is 0 Å². The molecule has 0 amide bonds. The molecule has 2 rings (SSSR count). The van der Waals surface area contributed by atoms with Gasteiger partial charge in [-0.2, -0.15) is 0 Å². The van der Waals surface area contributed by atoms with E-state index in [0.29, 0.717) is 0 Å². The fourth-order valence-electron chi connectivity index (χ4n) is 1.59. The Morgan fingerprint density at radius 2 is 2.20 bits per heavy atom. The monoisotopic (exact) mass is 313 g/mol. The average Bonchev–Trinajstić information content (AvgIpc) is 2.42. The minimum atomic E-state index is -3.78. The third-order valence-electron chi connectivity index (χ3n) is 2.66. The molecule has 20 heavy (non-hydrogen) atoms. The molecule has 0 aliphatic rings. The van der Waals surface area contributed by atoms with E-state index < -0.39 is 21.6 Å². The number of H-pyrrole nitrogens is 1. The normalized spacial score (nSPS) is 13.1. The molecule has 2 aromatic heterocycles. The second kappa shape index (κ2) is 5.74. The van der Waals surface area contributed by atoms with Crippen LogP contribution in [0.15, 0.2) is 46.5 Å². The van der Waals surface area contributed by atoms with Crippen molar-refractivity contribution in [1.29, 1.82) is 0 Å². The topological polar surface area (TPSA) is 91.9 Å². The van der Waals surface area contributed by atoms with Gasteiger partial charge >= 0.3 is 0 Å². The van der Waals surface area contributed by atoms with Crippen molar-refractivity contribution in [3.63, 3.8) is 0 Å². The number of nitrogens with one attached hydrogen (secondary N) is 2. The summed E-state index contributed by atoms with van der Waals surface area (Å²) in [5, 5.41) is -0.179. The SMILES string of the molecule is CC(NS(=O)(=O)c1c[nH]c(=O)c(Cl)c1)c1cccnc1. The van der Waals surface area contributed by atoms with Crippen LogP contribution in [0.2, 0.25) is 5.02 Å². The number of hydrogen-bond acceptors (Lipinski definition) is 4. The fourth-order valence-corrected chi connectivity index (χ4v) is 3.06. The molecule has 0 saturated heterocycles. The van der Waals surface area contributed by atoms with Crippen molar-refractivity contribution in [1.82, 2.24) is 14.7 Å². The first-order chi connectivity index (χ1) is 9.40. The Morgan fingerprint density at radius 3 is 2.80 bits per heavy atom. The molecule has 0 aromatic carbocycles. The number of rotatable bonds is 4. The summed E-state index contributed by atoms with van der Waals surface area (Å²) in [6, 6.07) is 4.13. The molecule has 0 fully saturated rings. The molecule has 0 aliphatic carbocycles. The molecule has 0 spiro atoms. The van der Waals surface area contributed by atoms with E-state index in [-0.39, 0.29) is 9.92 Å². The van der Waals surface area contributed by atoms with Gasteiger partial charge in [-0.05, 0) is 24.6 Å². The Hall–Kier alpha value is -1.70. The maximum absolute atomic E-state index is 12.2. The molecule has 2 N–H and O–H groups in total. The van der Waals surface area contributed by atoms with Crippen LogP contribution in [-0.4, -0.2) is 18.4 Å². The van der Waals surface area contributed by atoms with Gasteiger partial charge in [-0.25, -0.2) is 13.1 Å². The first-order valence-corrected chi connectivity index (χ1v) is 7.57. The lowest BCUT2D eigenvalue weighted by atomic mass is 10.2. The van der Waals surface area contributed by atoms with Crippen LogP contribution in [-0.2, 0) is 10.0 Å². The fraction of sp³-hybridized carbons (Fsp3) is 0.167. The van der Waals surface area contributed by atoms with Gasteiger partial charge in [0, 0.05) is 24.6 Å². The summed E-state index contributed by atoms with van der Waals surface area (Å²) in [6.45, 7) is 1.70. The Balaban J connectivity index is 2.27. The smallest absolute Gasteiger partial charge is 0.266 e. The highest BCUT2D eigenvalue weighted by Crippen LogP contribution is 2.16. The molecule has 2 heterocycles. The molecule has 1 atom stereocenters. The van der Waals surface area contributed by atoms with Crippen molar-refractivity contribution in [2.45, 2.75) is 17.9 Å². The number of sulfonamides is 1. The molecular formula is C12H12ClN3O3S. The van der Waals surface area contributed by atoms with Gasteiger partial charge < -0.3 is 4.98 Å². The van der Waals surface area contributed by atoms with Crippen LogP contribution in [0.25, 0.3) is 0 Å². The van der Waals surface area contributed by atoms with Gasteiger partial charge in [0.15, 0.2) is 0 Å². The summed E-state index contributed by atoms with van der Waals surface area (Å²) < 4.78 is 26.8. The van der Waals surface area contributed by atoms with E-state index >= 15 is 0 Å². The van der Waals surface area contributed by atoms with Crippen molar-refractivity contribution >= 4 is 21.6 Å². The highest BCUT2D eigenvalue weighted by atomic mass is 35.5. The zero-order valence-corrected chi connectivity index (χ0v) is 12.1. The maximum Gasteiger partial charge on any atom is 0.266 e. The Kier molecular flexibility index (Phi) is 4.22. The zero-order valence-electron chi connectivity index (χ0n) is 10.5. The Labute approximate surface area is 120 Å². The Bertz CT molecular complexity index is 759. The summed E-state index contributed by atoms with van der Waals surface area (Å²) in [7, 11) is -3.78. The zero-order chi connectivity index (χ0) is 14.8. The van der Waals surface area contributed by atoms with Crippen molar-refractivity contribution in [3.05, 3.63) is 57.7 Å². The van der Waals surface area contributed by atoms with Crippen LogP contribution in [0.1, 0.15) is 18.5 Å². The number of hydrogen-bond donors (Lipinski definition) is 2. The molecule has 6 nitrogen and oxygen atoms in total. The van der Waals surface area contributed by atoms with Gasteiger partial charge in [-0.1, -0.05) is 17.7 Å². The van der Waals surface area contributed by atoms with Crippen LogP contribution in [0, 0.1) is 0 Å². The third kappa shape index (κ3) is 3.24. The molecule has 0 saturated carbocycles. The summed E-state index contributed by atoms with van der Waals surface area (Å²) >= 11 is 5.63. The van der Waals surface area contributed by atoms with Crippen LogP contribution >= 0.6 is 11.6 Å². The van der Waals surface area contributed by atoms with Gasteiger partial charge in [0.05, 0.1) is 4.90 Å². The van der Waals surface area contributed by atoms with E-state index in [4.69, 9.17) is 11.6 Å². The lowest BCUT2D eigenvalue weighted by molar-refractivity contribution is 0.566. The Morgan fingerprint density at radius 1 is 1.45 bits per heavy atom. The summed E-state index contributed by atoms with van der Waals surface area (Å²) in [5.41, 5.74) is 0.192. The number of pyridine rings is 2. The van der Waals surface area contributed by atoms with Gasteiger partial charge in [-0.3, -0.25) is 9.78 Å². The van der Waals surface area contributed by atoms with Crippen molar-refractivity contribution in [2.24, 2.45) is 0 Å². The van der Waals surface area contributed by atoms with Crippen LogP contribution in [0.5, 0.6) is 0 Å². The van der Waals surface area contributed by atoms with E-state index in [1.807, 2.05) is 0 Å². The van der Waals surface area contributed by atoms with Gasteiger partial charge in [-0.15, -0.1) is 0 Å². The first-order valence-electron chi connectivity index (χ1n) is 5.70. The predicted molar refractivity (Wildman–Crippen MR) is 75.0 cm³/mol. The highest BCUT2D eigenvalue weighted by molar-refractivity contribution is 7.89. The van der Waals surface area contributed by atoms with Crippen molar-refractivity contribution < 1.29 is 8.42 Å². The van der Waals surface area contributed by atoms with Gasteiger partial charge in [0.1, 0.15) is 5.02 Å². The second-order valence-electron chi connectivity index (χ2n) is 4.14. The average molecular weight is 314 g/mol. The summed E-state index contributed by atoms with van der Waals surface area (Å²) in [6.07, 6.45) is 4.28.